The highest BCUT2D eigenvalue weighted by Gasteiger charge is 2.47. The lowest BCUT2D eigenvalue weighted by molar-refractivity contribution is 1.58. The van der Waals surface area contributed by atoms with E-state index in [-0.39, 0.29) is 0 Å². The SMILES string of the molecule is c1ccc2c(c1)C(=C1SC3=C(SCS3)S1)c1c-2c2c(c3c1-c1ccccc1C3=C1SC3=C(SCS3)S1)-c1ccccc1C2=C1SC2=C(SCS2)S1. The second-order valence-corrected chi connectivity index (χ2v) is 27.9. The van der Waals surface area contributed by atoms with Crippen LogP contribution in [-0.2, 0) is 0 Å². The zero-order valence-electron chi connectivity index (χ0n) is 25.9. The first-order valence-corrected chi connectivity index (χ1v) is 27.0. The Morgan fingerprint density at radius 1 is 0.255 bits per heavy atom. The first kappa shape index (κ1) is 31.7. The maximum absolute atomic E-state index is 2.42. The zero-order valence-corrected chi connectivity index (χ0v) is 35.7. The molecule has 0 spiro atoms. The van der Waals surface area contributed by atoms with Crippen LogP contribution in [-0.4, -0.2) is 15.3 Å². The van der Waals surface area contributed by atoms with Crippen LogP contribution in [0.2, 0.25) is 0 Å². The molecule has 0 bridgehead atoms. The topological polar surface area (TPSA) is 0 Å². The summed E-state index contributed by atoms with van der Waals surface area (Å²) in [5.74, 6) is 0. The molecule has 9 aliphatic rings. The van der Waals surface area contributed by atoms with Gasteiger partial charge in [0, 0.05) is 48.7 Å². The van der Waals surface area contributed by atoms with Gasteiger partial charge in [-0.05, 0) is 50.1 Å². The van der Waals surface area contributed by atoms with Gasteiger partial charge in [-0.2, -0.15) is 0 Å². The summed E-state index contributed by atoms with van der Waals surface area (Å²) in [6.45, 7) is 0. The van der Waals surface area contributed by atoms with Gasteiger partial charge in [0.15, 0.2) is 0 Å². The van der Waals surface area contributed by atoms with Crippen LogP contribution in [0.5, 0.6) is 0 Å². The van der Waals surface area contributed by atoms with E-state index < -0.39 is 0 Å². The van der Waals surface area contributed by atoms with Crippen molar-refractivity contribution in [2.75, 3.05) is 15.3 Å². The molecule has 0 saturated carbocycles. The number of fused-ring (bicyclic) bond motifs is 12. The van der Waals surface area contributed by atoms with E-state index in [1.807, 2.05) is 141 Å². The van der Waals surface area contributed by atoms with Crippen molar-refractivity contribution in [2.45, 2.75) is 0 Å². The highest BCUT2D eigenvalue weighted by atomic mass is 32.3. The molecule has 246 valence electrons. The third kappa shape index (κ3) is 4.45. The van der Waals surface area contributed by atoms with Crippen molar-refractivity contribution >= 4 is 158 Å². The van der Waals surface area contributed by atoms with Crippen LogP contribution in [0.3, 0.4) is 0 Å². The average Bonchev–Trinajstić information content (AvgIpc) is 3.98. The molecule has 4 aromatic rings. The lowest BCUT2D eigenvalue weighted by atomic mass is 9.84. The van der Waals surface area contributed by atoms with Gasteiger partial charge < -0.3 is 0 Å². The van der Waals surface area contributed by atoms with E-state index in [9.17, 15) is 0 Å². The van der Waals surface area contributed by atoms with Crippen LogP contribution in [0, 0.1) is 0 Å². The summed E-state index contributed by atoms with van der Waals surface area (Å²) < 4.78 is 13.3. The highest BCUT2D eigenvalue weighted by Crippen LogP contribution is 2.73. The number of benzene rings is 4. The van der Waals surface area contributed by atoms with Crippen molar-refractivity contribution in [1.82, 2.24) is 0 Å². The molecule has 51 heavy (non-hydrogen) atoms. The maximum Gasteiger partial charge on any atom is 0.0668 e. The monoisotopic (exact) mass is 870 g/mol. The van der Waals surface area contributed by atoms with E-state index in [2.05, 4.69) is 72.8 Å². The van der Waals surface area contributed by atoms with Gasteiger partial charge >= 0.3 is 0 Å². The molecule has 0 aromatic heterocycles. The van der Waals surface area contributed by atoms with Crippen LogP contribution in [0.15, 0.2) is 111 Å². The largest absolute Gasteiger partial charge is 0.106 e. The van der Waals surface area contributed by atoms with Gasteiger partial charge in [0.25, 0.3) is 0 Å². The predicted molar refractivity (Wildman–Crippen MR) is 248 cm³/mol. The minimum absolute atomic E-state index is 1.14. The lowest BCUT2D eigenvalue weighted by Gasteiger charge is -2.20. The van der Waals surface area contributed by atoms with Crippen LogP contribution in [0.25, 0.3) is 50.1 Å². The molecule has 12 heteroatoms. The second kappa shape index (κ2) is 12.0. The van der Waals surface area contributed by atoms with Crippen molar-refractivity contribution in [3.8, 4) is 33.4 Å². The van der Waals surface area contributed by atoms with Crippen molar-refractivity contribution in [3.63, 3.8) is 0 Å². The van der Waals surface area contributed by atoms with Gasteiger partial charge in [-0.25, -0.2) is 0 Å². The molecule has 3 aliphatic carbocycles. The van der Waals surface area contributed by atoms with Crippen molar-refractivity contribution in [2.24, 2.45) is 0 Å². The summed E-state index contributed by atoms with van der Waals surface area (Å²) in [6, 6.07) is 28.0. The smallest absolute Gasteiger partial charge is 0.0668 e. The fourth-order valence-corrected chi connectivity index (χ4v) is 27.6. The highest BCUT2D eigenvalue weighted by molar-refractivity contribution is 8.47. The van der Waals surface area contributed by atoms with E-state index in [4.69, 9.17) is 0 Å². The standard InChI is InChI=1S/C39H18S12/c1-4-10-19-16(7-1)22-28(25(19)31-46-34-35(47-31)41-13-40-34)23-18-9-3-6-12-21(18)27(33-50-38-39(51-33)45-15-44-38)30(23)24-17-8-2-5-11-20(17)26(29(22)24)32-48-36-37(49-32)43-14-42-36/h1-12H,13-15H2. The molecular weight excluding hydrogens is 853 g/mol. The van der Waals surface area contributed by atoms with Crippen LogP contribution in [0.4, 0.5) is 0 Å². The summed E-state index contributed by atoms with van der Waals surface area (Å²) in [6.07, 6.45) is 0. The van der Waals surface area contributed by atoms with E-state index in [0.29, 0.717) is 0 Å². The maximum atomic E-state index is 2.42. The molecule has 13 rings (SSSR count). The van der Waals surface area contributed by atoms with Gasteiger partial charge in [-0.1, -0.05) is 143 Å². The van der Waals surface area contributed by atoms with Crippen LogP contribution in [0.1, 0.15) is 33.4 Å². The fourth-order valence-electron chi connectivity index (χ4n) is 8.17. The Kier molecular flexibility index (Phi) is 7.46. The first-order valence-electron chi connectivity index (χ1n) is 16.1. The van der Waals surface area contributed by atoms with Gasteiger partial charge in [0.2, 0.25) is 0 Å². The normalized spacial score (nSPS) is 21.6. The Morgan fingerprint density at radius 2 is 0.490 bits per heavy atom. The average molecular weight is 871 g/mol. The van der Waals surface area contributed by atoms with Gasteiger partial charge in [0.1, 0.15) is 0 Å². The number of hydrogen-bond donors (Lipinski definition) is 0. The van der Waals surface area contributed by atoms with Crippen LogP contribution >= 0.6 is 141 Å². The summed E-state index contributed by atoms with van der Waals surface area (Å²) in [4.78, 5) is 0. The summed E-state index contributed by atoms with van der Waals surface area (Å²) >= 11 is 24.3. The molecule has 6 aliphatic heterocycles. The molecule has 0 atom stereocenters. The van der Waals surface area contributed by atoms with Crippen LogP contribution < -0.4 is 0 Å². The minimum Gasteiger partial charge on any atom is -0.106 e. The summed E-state index contributed by atoms with van der Waals surface area (Å²) in [5.41, 5.74) is 21.4. The molecule has 0 radical (unpaired) electrons. The Labute approximate surface area is 346 Å². The van der Waals surface area contributed by atoms with Gasteiger partial charge in [0.05, 0.1) is 38.1 Å². The Bertz CT molecular complexity index is 2260. The number of thioether (sulfide) groups is 12. The molecule has 6 heterocycles. The molecule has 0 unspecified atom stereocenters. The van der Waals surface area contributed by atoms with Crippen molar-refractivity contribution in [1.29, 1.82) is 0 Å². The zero-order chi connectivity index (χ0) is 32.9. The van der Waals surface area contributed by atoms with Gasteiger partial charge in [-0.15, -0.1) is 70.6 Å². The fraction of sp³-hybridized carbons (Fsp3) is 0.0769. The molecule has 4 aromatic carbocycles. The second-order valence-electron chi connectivity index (χ2n) is 12.4. The summed E-state index contributed by atoms with van der Waals surface area (Å²) in [7, 11) is 0. The molecule has 0 nitrogen and oxygen atoms in total. The molecule has 0 N–H and O–H groups in total. The molecule has 0 saturated heterocycles. The van der Waals surface area contributed by atoms with E-state index in [1.165, 1.54) is 122 Å². The van der Waals surface area contributed by atoms with Crippen molar-refractivity contribution in [3.05, 3.63) is 144 Å². The molecule has 0 amide bonds. The van der Waals surface area contributed by atoms with Crippen molar-refractivity contribution < 1.29 is 0 Å². The Balaban J connectivity index is 1.20. The minimum atomic E-state index is 1.14. The predicted octanol–water partition coefficient (Wildman–Crippen LogP) is 15.9. The van der Waals surface area contributed by atoms with Gasteiger partial charge in [-0.3, -0.25) is 0 Å². The third-order valence-corrected chi connectivity index (χ3v) is 27.0. The lowest BCUT2D eigenvalue weighted by Crippen LogP contribution is -1.98. The van der Waals surface area contributed by atoms with E-state index in [0.717, 1.165) is 15.3 Å². The third-order valence-electron chi connectivity index (χ3n) is 10.0. The Morgan fingerprint density at radius 3 is 0.745 bits per heavy atom. The number of hydrogen-bond acceptors (Lipinski definition) is 12. The first-order chi connectivity index (χ1) is 25.3. The Hall–Kier alpha value is -0.480. The quantitative estimate of drug-likeness (QED) is 0.142. The molecule has 0 fully saturated rings. The van der Waals surface area contributed by atoms with E-state index >= 15 is 0 Å². The van der Waals surface area contributed by atoms with E-state index in [1.54, 1.807) is 0 Å². The molecular formula is C39H18S12. The number of rotatable bonds is 0. The summed E-state index contributed by atoms with van der Waals surface area (Å²) in [5, 5.41) is 3.41.